The van der Waals surface area contributed by atoms with E-state index in [1.165, 1.54) is 4.90 Å². The van der Waals surface area contributed by atoms with Crippen LogP contribution in [0.25, 0.3) is 10.8 Å². The molecule has 6 nitrogen and oxygen atoms in total. The number of hydrogen-bond donors (Lipinski definition) is 2. The zero-order chi connectivity index (χ0) is 17.9. The predicted octanol–water partition coefficient (Wildman–Crippen LogP) is 3.39. The minimum Gasteiger partial charge on any atom is -0.443 e. The highest BCUT2D eigenvalue weighted by atomic mass is 16.6. The summed E-state index contributed by atoms with van der Waals surface area (Å²) in [5.41, 5.74) is 5.64. The number of nitrogens with zero attached hydrogens (tertiary/aromatic N) is 1. The number of ether oxygens (including phenoxy) is 1. The Labute approximate surface area is 141 Å². The highest BCUT2D eigenvalue weighted by Crippen LogP contribution is 2.24. The molecule has 128 valence electrons. The summed E-state index contributed by atoms with van der Waals surface area (Å²) in [5, 5.41) is 1.91. The molecule has 0 saturated heterocycles. The van der Waals surface area contributed by atoms with Gasteiger partial charge in [-0.05, 0) is 43.7 Å². The van der Waals surface area contributed by atoms with Crippen LogP contribution < -0.4 is 10.9 Å². The summed E-state index contributed by atoms with van der Waals surface area (Å²) in [7, 11) is 3.37. The number of nitrogens with one attached hydrogen (secondary N) is 2. The molecule has 2 rings (SSSR count). The zero-order valence-corrected chi connectivity index (χ0v) is 14.6. The van der Waals surface area contributed by atoms with E-state index in [0.29, 0.717) is 11.3 Å². The Balaban J connectivity index is 2.31. The molecule has 2 amide bonds. The van der Waals surface area contributed by atoms with Crippen molar-refractivity contribution in [1.29, 1.82) is 0 Å². The molecule has 0 spiro atoms. The van der Waals surface area contributed by atoms with E-state index in [4.69, 9.17) is 4.74 Å². The average Bonchev–Trinajstić information content (AvgIpc) is 2.49. The minimum absolute atomic E-state index is 0.158. The quantitative estimate of drug-likeness (QED) is 0.847. The smallest absolute Gasteiger partial charge is 0.426 e. The molecule has 0 aromatic heterocycles. The van der Waals surface area contributed by atoms with Crippen LogP contribution in [0.3, 0.4) is 0 Å². The number of hydrogen-bond acceptors (Lipinski definition) is 4. The number of benzene rings is 2. The van der Waals surface area contributed by atoms with Crippen molar-refractivity contribution in [3.63, 3.8) is 0 Å². The van der Waals surface area contributed by atoms with Crippen molar-refractivity contribution in [3.8, 4) is 0 Å². The Morgan fingerprint density at radius 1 is 1.04 bits per heavy atom. The van der Waals surface area contributed by atoms with Crippen LogP contribution >= 0.6 is 0 Å². The second kappa shape index (κ2) is 6.78. The van der Waals surface area contributed by atoms with E-state index in [1.54, 1.807) is 40.9 Å². The van der Waals surface area contributed by atoms with Crippen LogP contribution in [0.4, 0.5) is 10.5 Å². The maximum Gasteiger partial charge on any atom is 0.426 e. The fraction of sp³-hybridized carbons (Fsp3) is 0.333. The van der Waals surface area contributed by atoms with Gasteiger partial charge < -0.3 is 9.64 Å². The molecule has 2 aromatic carbocycles. The lowest BCUT2D eigenvalue weighted by Gasteiger charge is -2.21. The SMILES string of the molecule is CN(C)C(=O)c1cc2ccccc2cc1NNC(=O)OC(C)(C)C. The molecule has 24 heavy (non-hydrogen) atoms. The van der Waals surface area contributed by atoms with Crippen molar-refractivity contribution in [2.45, 2.75) is 26.4 Å². The fourth-order valence-corrected chi connectivity index (χ4v) is 2.18. The lowest BCUT2D eigenvalue weighted by Crippen LogP contribution is -2.36. The van der Waals surface area contributed by atoms with E-state index in [1.807, 2.05) is 30.3 Å². The Bertz CT molecular complexity index is 764. The Morgan fingerprint density at radius 2 is 1.62 bits per heavy atom. The first kappa shape index (κ1) is 17.6. The number of amides is 2. The third kappa shape index (κ3) is 4.38. The van der Waals surface area contributed by atoms with Gasteiger partial charge >= 0.3 is 6.09 Å². The normalized spacial score (nSPS) is 11.0. The van der Waals surface area contributed by atoms with Gasteiger partial charge in [0.2, 0.25) is 0 Å². The van der Waals surface area contributed by atoms with Crippen LogP contribution in [0.1, 0.15) is 31.1 Å². The summed E-state index contributed by atoms with van der Waals surface area (Å²) in [6, 6.07) is 11.3. The number of hydrazine groups is 1. The van der Waals surface area contributed by atoms with Crippen LogP contribution in [0.5, 0.6) is 0 Å². The highest BCUT2D eigenvalue weighted by Gasteiger charge is 2.18. The molecule has 0 bridgehead atoms. The van der Waals surface area contributed by atoms with Gasteiger partial charge in [-0.3, -0.25) is 10.2 Å². The van der Waals surface area contributed by atoms with E-state index in [9.17, 15) is 9.59 Å². The Kier molecular flexibility index (Phi) is 4.97. The Hall–Kier alpha value is -2.76. The van der Waals surface area contributed by atoms with Gasteiger partial charge in [0.05, 0.1) is 11.3 Å². The first-order valence-electron chi connectivity index (χ1n) is 7.67. The maximum absolute atomic E-state index is 12.4. The van der Waals surface area contributed by atoms with Crippen molar-refractivity contribution in [2.75, 3.05) is 19.5 Å². The number of rotatable bonds is 3. The van der Waals surface area contributed by atoms with Crippen LogP contribution in [-0.2, 0) is 4.74 Å². The number of carbonyl (C=O) groups is 2. The molecule has 2 N–H and O–H groups in total. The molecular weight excluding hydrogens is 306 g/mol. The lowest BCUT2D eigenvalue weighted by atomic mass is 10.0. The minimum atomic E-state index is -0.612. The molecular formula is C18H23N3O3. The van der Waals surface area contributed by atoms with Gasteiger partial charge in [0.15, 0.2) is 0 Å². The van der Waals surface area contributed by atoms with Crippen LogP contribution in [0.2, 0.25) is 0 Å². The summed E-state index contributed by atoms with van der Waals surface area (Å²) in [6.45, 7) is 5.34. The number of fused-ring (bicyclic) bond motifs is 1. The van der Waals surface area contributed by atoms with Crippen molar-refractivity contribution in [3.05, 3.63) is 42.0 Å². The van der Waals surface area contributed by atoms with E-state index in [-0.39, 0.29) is 5.91 Å². The number of anilines is 1. The summed E-state index contributed by atoms with van der Waals surface area (Å²) in [5.74, 6) is -0.158. The second-order valence-corrected chi connectivity index (χ2v) is 6.70. The van der Waals surface area contributed by atoms with Crippen LogP contribution in [0.15, 0.2) is 36.4 Å². The zero-order valence-electron chi connectivity index (χ0n) is 14.6. The molecule has 0 aliphatic carbocycles. The van der Waals surface area contributed by atoms with Gasteiger partial charge in [0, 0.05) is 14.1 Å². The van der Waals surface area contributed by atoms with E-state index in [0.717, 1.165) is 10.8 Å². The molecule has 0 heterocycles. The van der Waals surface area contributed by atoms with E-state index in [2.05, 4.69) is 10.9 Å². The topological polar surface area (TPSA) is 70.7 Å². The molecule has 6 heteroatoms. The van der Waals surface area contributed by atoms with Crippen molar-refractivity contribution in [1.82, 2.24) is 10.3 Å². The molecule has 0 unspecified atom stereocenters. The van der Waals surface area contributed by atoms with Gasteiger partial charge in [0.25, 0.3) is 5.91 Å². The molecule has 0 fully saturated rings. The Morgan fingerprint density at radius 3 is 2.17 bits per heavy atom. The van der Waals surface area contributed by atoms with Crippen molar-refractivity contribution < 1.29 is 14.3 Å². The van der Waals surface area contributed by atoms with Gasteiger partial charge in [-0.15, -0.1) is 0 Å². The van der Waals surface area contributed by atoms with Gasteiger partial charge in [0.1, 0.15) is 5.60 Å². The third-order valence-corrected chi connectivity index (χ3v) is 3.22. The fourth-order valence-electron chi connectivity index (χ4n) is 2.18. The molecule has 0 radical (unpaired) electrons. The largest absolute Gasteiger partial charge is 0.443 e. The third-order valence-electron chi connectivity index (χ3n) is 3.22. The highest BCUT2D eigenvalue weighted by molar-refractivity contribution is 6.04. The maximum atomic E-state index is 12.4. The van der Waals surface area contributed by atoms with Crippen LogP contribution in [-0.4, -0.2) is 36.6 Å². The van der Waals surface area contributed by atoms with Crippen molar-refractivity contribution in [2.24, 2.45) is 0 Å². The van der Waals surface area contributed by atoms with Crippen LogP contribution in [0, 0.1) is 0 Å². The molecule has 0 aliphatic rings. The summed E-state index contributed by atoms with van der Waals surface area (Å²) in [4.78, 5) is 25.7. The predicted molar refractivity (Wildman–Crippen MR) is 95.0 cm³/mol. The molecule has 2 aromatic rings. The first-order chi connectivity index (χ1) is 11.2. The molecule has 0 aliphatic heterocycles. The van der Waals surface area contributed by atoms with Gasteiger partial charge in [-0.1, -0.05) is 24.3 Å². The first-order valence-corrected chi connectivity index (χ1v) is 7.67. The summed E-state index contributed by atoms with van der Waals surface area (Å²) in [6.07, 6.45) is -0.612. The van der Waals surface area contributed by atoms with E-state index >= 15 is 0 Å². The number of carbonyl (C=O) groups excluding carboxylic acids is 2. The van der Waals surface area contributed by atoms with E-state index < -0.39 is 11.7 Å². The monoisotopic (exact) mass is 329 g/mol. The standard InChI is InChI=1S/C18H23N3O3/c1-18(2,3)24-17(23)20-19-15-11-13-9-7-6-8-12(13)10-14(15)16(22)21(4)5/h6-11,19H,1-5H3,(H,20,23). The summed E-state index contributed by atoms with van der Waals surface area (Å²) >= 11 is 0. The molecule has 0 atom stereocenters. The molecule has 0 saturated carbocycles. The average molecular weight is 329 g/mol. The lowest BCUT2D eigenvalue weighted by molar-refractivity contribution is 0.0540. The summed E-state index contributed by atoms with van der Waals surface area (Å²) < 4.78 is 5.19. The second-order valence-electron chi connectivity index (χ2n) is 6.70. The van der Waals surface area contributed by atoms with Gasteiger partial charge in [-0.2, -0.15) is 0 Å². The van der Waals surface area contributed by atoms with Crippen molar-refractivity contribution >= 4 is 28.5 Å². The van der Waals surface area contributed by atoms with Gasteiger partial charge in [-0.25, -0.2) is 10.2 Å².